The highest BCUT2D eigenvalue weighted by Crippen LogP contribution is 2.24. The molecule has 1 aliphatic carbocycles. The summed E-state index contributed by atoms with van der Waals surface area (Å²) in [5.74, 6) is 0.618. The van der Waals surface area contributed by atoms with Crippen molar-refractivity contribution in [3.8, 4) is 0 Å². The fourth-order valence-electron chi connectivity index (χ4n) is 1.23. The molecule has 1 aliphatic rings. The Hall–Kier alpha value is -0.0800. The van der Waals surface area contributed by atoms with Gasteiger partial charge in [-0.15, -0.1) is 24.0 Å². The standard InChI is InChI=1S/C10H21N3O2.HI/c1-13(9-3-4-9)10(11)12-5-6-15-8-7-14-2;/h9H,3-8H2,1-2H3,(H2,11,12);1H. The topological polar surface area (TPSA) is 60.1 Å². The van der Waals surface area contributed by atoms with Crippen LogP contribution in [0.3, 0.4) is 0 Å². The van der Waals surface area contributed by atoms with Crippen molar-refractivity contribution in [2.45, 2.75) is 18.9 Å². The second-order valence-corrected chi connectivity index (χ2v) is 3.69. The Kier molecular flexibility index (Phi) is 8.96. The van der Waals surface area contributed by atoms with E-state index in [9.17, 15) is 0 Å². The fourth-order valence-corrected chi connectivity index (χ4v) is 1.23. The van der Waals surface area contributed by atoms with Gasteiger partial charge in [0.25, 0.3) is 0 Å². The minimum Gasteiger partial charge on any atom is -0.382 e. The Morgan fingerprint density at radius 2 is 2.06 bits per heavy atom. The number of hydrogen-bond acceptors (Lipinski definition) is 3. The molecule has 0 spiro atoms. The van der Waals surface area contributed by atoms with Crippen LogP contribution in [0.25, 0.3) is 0 Å². The summed E-state index contributed by atoms with van der Waals surface area (Å²) in [5.41, 5.74) is 5.79. The minimum absolute atomic E-state index is 0. The van der Waals surface area contributed by atoms with E-state index in [1.807, 2.05) is 11.9 Å². The highest BCUT2D eigenvalue weighted by Gasteiger charge is 2.27. The molecule has 96 valence electrons. The summed E-state index contributed by atoms with van der Waals surface area (Å²) in [7, 11) is 3.65. The van der Waals surface area contributed by atoms with Crippen LogP contribution in [-0.2, 0) is 9.47 Å². The molecule has 2 N–H and O–H groups in total. The van der Waals surface area contributed by atoms with Gasteiger partial charge in [-0.3, -0.25) is 4.99 Å². The average molecular weight is 343 g/mol. The quantitative estimate of drug-likeness (QED) is 0.320. The lowest BCUT2D eigenvalue weighted by Crippen LogP contribution is -2.36. The summed E-state index contributed by atoms with van der Waals surface area (Å²) in [4.78, 5) is 6.27. The van der Waals surface area contributed by atoms with E-state index in [1.54, 1.807) is 7.11 Å². The van der Waals surface area contributed by atoms with Crippen molar-refractivity contribution < 1.29 is 9.47 Å². The molecular formula is C10H22IN3O2. The molecule has 0 amide bonds. The summed E-state index contributed by atoms with van der Waals surface area (Å²) in [6.07, 6.45) is 2.47. The van der Waals surface area contributed by atoms with Gasteiger partial charge in [-0.1, -0.05) is 0 Å². The van der Waals surface area contributed by atoms with Gasteiger partial charge >= 0.3 is 0 Å². The van der Waals surface area contributed by atoms with Crippen LogP contribution in [-0.4, -0.2) is 57.4 Å². The zero-order chi connectivity index (χ0) is 11.1. The number of guanidine groups is 1. The second kappa shape index (κ2) is 9.00. The molecule has 1 rings (SSSR count). The first-order valence-corrected chi connectivity index (χ1v) is 5.35. The van der Waals surface area contributed by atoms with E-state index >= 15 is 0 Å². The Morgan fingerprint density at radius 1 is 1.38 bits per heavy atom. The van der Waals surface area contributed by atoms with Gasteiger partial charge in [0, 0.05) is 20.2 Å². The molecule has 0 aliphatic heterocycles. The number of halogens is 1. The van der Waals surface area contributed by atoms with Gasteiger partial charge in [0.2, 0.25) is 0 Å². The van der Waals surface area contributed by atoms with Crippen molar-refractivity contribution >= 4 is 29.9 Å². The largest absolute Gasteiger partial charge is 0.382 e. The van der Waals surface area contributed by atoms with Crippen molar-refractivity contribution in [3.63, 3.8) is 0 Å². The lowest BCUT2D eigenvalue weighted by molar-refractivity contribution is 0.0748. The third kappa shape index (κ3) is 6.49. The van der Waals surface area contributed by atoms with Gasteiger partial charge in [0.1, 0.15) is 0 Å². The molecule has 0 radical (unpaired) electrons. The smallest absolute Gasteiger partial charge is 0.191 e. The predicted octanol–water partition coefficient (Wildman–Crippen LogP) is 0.676. The first kappa shape index (κ1) is 15.9. The zero-order valence-electron chi connectivity index (χ0n) is 10.0. The van der Waals surface area contributed by atoms with Gasteiger partial charge in [0.05, 0.1) is 26.4 Å². The number of aliphatic imine (C=N–C) groups is 1. The lowest BCUT2D eigenvalue weighted by Gasteiger charge is -2.16. The molecule has 6 heteroatoms. The van der Waals surface area contributed by atoms with E-state index in [-0.39, 0.29) is 24.0 Å². The second-order valence-electron chi connectivity index (χ2n) is 3.69. The third-order valence-electron chi connectivity index (χ3n) is 2.40. The van der Waals surface area contributed by atoms with E-state index in [2.05, 4.69) is 4.99 Å². The summed E-state index contributed by atoms with van der Waals surface area (Å²) >= 11 is 0. The van der Waals surface area contributed by atoms with E-state index in [1.165, 1.54) is 12.8 Å². The fraction of sp³-hybridized carbons (Fsp3) is 0.900. The molecule has 0 unspecified atom stereocenters. The van der Waals surface area contributed by atoms with Gasteiger partial charge in [-0.05, 0) is 12.8 Å². The van der Waals surface area contributed by atoms with Crippen LogP contribution < -0.4 is 5.73 Å². The maximum atomic E-state index is 5.79. The summed E-state index contributed by atoms with van der Waals surface area (Å²) in [5, 5.41) is 0. The number of ether oxygens (including phenoxy) is 2. The van der Waals surface area contributed by atoms with Gasteiger partial charge in [-0.2, -0.15) is 0 Å². The number of hydrogen-bond donors (Lipinski definition) is 1. The predicted molar refractivity (Wildman–Crippen MR) is 75.4 cm³/mol. The molecule has 16 heavy (non-hydrogen) atoms. The van der Waals surface area contributed by atoms with Crippen molar-refractivity contribution in [1.82, 2.24) is 4.90 Å². The monoisotopic (exact) mass is 343 g/mol. The van der Waals surface area contributed by atoms with Gasteiger partial charge in [0.15, 0.2) is 5.96 Å². The molecule has 0 heterocycles. The average Bonchev–Trinajstić information content (AvgIpc) is 3.05. The van der Waals surface area contributed by atoms with Crippen molar-refractivity contribution in [2.75, 3.05) is 40.5 Å². The molecule has 1 saturated carbocycles. The number of methoxy groups -OCH3 is 1. The van der Waals surface area contributed by atoms with Crippen LogP contribution in [0.4, 0.5) is 0 Å². The van der Waals surface area contributed by atoms with Crippen LogP contribution in [0.2, 0.25) is 0 Å². The molecular weight excluding hydrogens is 321 g/mol. The highest BCUT2D eigenvalue weighted by atomic mass is 127. The maximum Gasteiger partial charge on any atom is 0.191 e. The summed E-state index contributed by atoms with van der Waals surface area (Å²) in [6.45, 7) is 2.46. The molecule has 0 aromatic heterocycles. The van der Waals surface area contributed by atoms with Gasteiger partial charge in [-0.25, -0.2) is 0 Å². The first-order valence-electron chi connectivity index (χ1n) is 5.35. The lowest BCUT2D eigenvalue weighted by atomic mass is 10.6. The van der Waals surface area contributed by atoms with Crippen LogP contribution >= 0.6 is 24.0 Å². The molecule has 0 bridgehead atoms. The Bertz CT molecular complexity index is 210. The third-order valence-corrected chi connectivity index (χ3v) is 2.40. The molecule has 5 nitrogen and oxygen atoms in total. The minimum atomic E-state index is 0. The number of rotatable bonds is 7. The Morgan fingerprint density at radius 3 is 2.62 bits per heavy atom. The van der Waals surface area contributed by atoms with Crippen molar-refractivity contribution in [1.29, 1.82) is 0 Å². The van der Waals surface area contributed by atoms with E-state index in [4.69, 9.17) is 15.2 Å². The molecule has 0 aromatic carbocycles. The molecule has 0 saturated heterocycles. The van der Waals surface area contributed by atoms with E-state index < -0.39 is 0 Å². The zero-order valence-corrected chi connectivity index (χ0v) is 12.3. The van der Waals surface area contributed by atoms with Crippen molar-refractivity contribution in [3.05, 3.63) is 0 Å². The number of nitrogens with two attached hydrogens (primary N) is 1. The van der Waals surface area contributed by atoms with Crippen LogP contribution in [0.15, 0.2) is 4.99 Å². The SMILES string of the molecule is COCCOCCN=C(N)N(C)C1CC1.I. The molecule has 1 fully saturated rings. The highest BCUT2D eigenvalue weighted by molar-refractivity contribution is 14.0. The van der Waals surface area contributed by atoms with Gasteiger partial charge < -0.3 is 20.1 Å². The van der Waals surface area contributed by atoms with Crippen LogP contribution in [0.1, 0.15) is 12.8 Å². The molecule has 0 atom stereocenters. The maximum absolute atomic E-state index is 5.79. The van der Waals surface area contributed by atoms with Crippen molar-refractivity contribution in [2.24, 2.45) is 10.7 Å². The van der Waals surface area contributed by atoms with E-state index in [0.29, 0.717) is 38.4 Å². The summed E-state index contributed by atoms with van der Waals surface area (Å²) in [6, 6.07) is 0.614. The van der Waals surface area contributed by atoms with E-state index in [0.717, 1.165) is 0 Å². The first-order chi connectivity index (χ1) is 7.25. The Balaban J connectivity index is 0.00000225. The van der Waals surface area contributed by atoms with Crippen LogP contribution in [0.5, 0.6) is 0 Å². The number of nitrogens with zero attached hydrogens (tertiary/aromatic N) is 2. The van der Waals surface area contributed by atoms with Crippen LogP contribution in [0, 0.1) is 0 Å². The molecule has 0 aromatic rings. The Labute approximate surface area is 114 Å². The summed E-state index contributed by atoms with van der Waals surface area (Å²) < 4.78 is 10.1. The normalized spacial score (nSPS) is 15.8.